The van der Waals surface area contributed by atoms with Gasteiger partial charge in [-0.05, 0) is 31.0 Å². The molecule has 0 fully saturated rings. The van der Waals surface area contributed by atoms with E-state index >= 15 is 0 Å². The molecule has 2 rings (SSSR count). The molecule has 0 saturated carbocycles. The summed E-state index contributed by atoms with van der Waals surface area (Å²) in [5.74, 6) is 0. The van der Waals surface area contributed by atoms with Crippen molar-refractivity contribution in [1.29, 1.82) is 0 Å². The maximum Gasteiger partial charge on any atom is 0.214 e. The quantitative estimate of drug-likeness (QED) is 0.643. The summed E-state index contributed by atoms with van der Waals surface area (Å²) in [6.45, 7) is 4.22. The van der Waals surface area contributed by atoms with Crippen LogP contribution in [-0.2, 0) is 7.05 Å². The van der Waals surface area contributed by atoms with Crippen molar-refractivity contribution in [3.05, 3.63) is 47.9 Å². The smallest absolute Gasteiger partial charge is 0.214 e. The van der Waals surface area contributed by atoms with Crippen molar-refractivity contribution in [2.75, 3.05) is 0 Å². The molecule has 0 saturated heterocycles. The summed E-state index contributed by atoms with van der Waals surface area (Å²) in [6.07, 6.45) is 5.83. The molecule has 0 spiro atoms. The Morgan fingerprint density at radius 3 is 2.73 bits per heavy atom. The van der Waals surface area contributed by atoms with Crippen LogP contribution in [-0.4, -0.2) is 4.98 Å². The zero-order valence-electron chi connectivity index (χ0n) is 9.36. The molecule has 0 N–H and O–H groups in total. The fourth-order valence-corrected chi connectivity index (χ4v) is 1.68. The van der Waals surface area contributed by atoms with Gasteiger partial charge in [-0.3, -0.25) is 4.98 Å². The Morgan fingerprint density at radius 2 is 2.00 bits per heavy atom. The lowest BCUT2D eigenvalue weighted by Gasteiger charge is -2.03. The maximum absolute atomic E-state index is 4.18. The van der Waals surface area contributed by atoms with E-state index in [0.29, 0.717) is 0 Å². The zero-order valence-corrected chi connectivity index (χ0v) is 9.36. The monoisotopic (exact) mass is 199 g/mol. The van der Waals surface area contributed by atoms with Crippen LogP contribution in [0.5, 0.6) is 0 Å². The van der Waals surface area contributed by atoms with E-state index < -0.39 is 0 Å². The van der Waals surface area contributed by atoms with Gasteiger partial charge in [0.05, 0.1) is 5.56 Å². The molecule has 0 aromatic carbocycles. The van der Waals surface area contributed by atoms with E-state index in [2.05, 4.69) is 48.8 Å². The van der Waals surface area contributed by atoms with Crippen molar-refractivity contribution in [1.82, 2.24) is 4.98 Å². The van der Waals surface area contributed by atoms with Crippen molar-refractivity contribution in [2.24, 2.45) is 7.05 Å². The van der Waals surface area contributed by atoms with Crippen LogP contribution in [0.15, 0.2) is 36.8 Å². The molecule has 0 aliphatic carbocycles. The molecule has 0 radical (unpaired) electrons. The Labute approximate surface area is 90.2 Å². The van der Waals surface area contributed by atoms with Crippen molar-refractivity contribution >= 4 is 0 Å². The summed E-state index contributed by atoms with van der Waals surface area (Å²) in [5.41, 5.74) is 4.93. The summed E-state index contributed by atoms with van der Waals surface area (Å²) in [4.78, 5) is 4.18. The van der Waals surface area contributed by atoms with Gasteiger partial charge in [-0.15, -0.1) is 0 Å². The first kappa shape index (κ1) is 9.84. The van der Waals surface area contributed by atoms with Crippen LogP contribution >= 0.6 is 0 Å². The second-order valence-corrected chi connectivity index (χ2v) is 3.89. The van der Waals surface area contributed by atoms with Gasteiger partial charge in [0.1, 0.15) is 7.05 Å². The van der Waals surface area contributed by atoms with Crippen molar-refractivity contribution in [3.8, 4) is 11.3 Å². The first-order chi connectivity index (χ1) is 7.18. The van der Waals surface area contributed by atoms with Gasteiger partial charge >= 0.3 is 0 Å². The van der Waals surface area contributed by atoms with Gasteiger partial charge in [0.25, 0.3) is 0 Å². The van der Waals surface area contributed by atoms with Crippen molar-refractivity contribution < 1.29 is 4.57 Å². The van der Waals surface area contributed by atoms with Crippen LogP contribution in [0.2, 0.25) is 0 Å². The summed E-state index contributed by atoms with van der Waals surface area (Å²) < 4.78 is 2.12. The third-order valence-electron chi connectivity index (χ3n) is 2.62. The highest BCUT2D eigenvalue weighted by Gasteiger charge is 2.11. The average Bonchev–Trinajstić information content (AvgIpc) is 2.23. The Kier molecular flexibility index (Phi) is 2.50. The van der Waals surface area contributed by atoms with E-state index in [-0.39, 0.29) is 0 Å². The van der Waals surface area contributed by atoms with E-state index in [1.54, 1.807) is 0 Å². The minimum atomic E-state index is 1.20. The van der Waals surface area contributed by atoms with Crippen LogP contribution in [0.1, 0.15) is 11.1 Å². The number of hydrogen-bond donors (Lipinski definition) is 0. The largest absolute Gasteiger partial charge is 0.264 e. The summed E-state index contributed by atoms with van der Waals surface area (Å²) in [5, 5.41) is 0. The van der Waals surface area contributed by atoms with Crippen LogP contribution < -0.4 is 4.57 Å². The summed E-state index contributed by atoms with van der Waals surface area (Å²) >= 11 is 0. The second-order valence-electron chi connectivity index (χ2n) is 3.89. The van der Waals surface area contributed by atoms with E-state index in [4.69, 9.17) is 0 Å². The second kappa shape index (κ2) is 3.81. The van der Waals surface area contributed by atoms with Crippen molar-refractivity contribution in [3.63, 3.8) is 0 Å². The minimum absolute atomic E-state index is 1.20. The highest BCUT2D eigenvalue weighted by molar-refractivity contribution is 5.59. The lowest BCUT2D eigenvalue weighted by molar-refractivity contribution is -0.660. The number of nitrogens with zero attached hydrogens (tertiary/aromatic N) is 2. The topological polar surface area (TPSA) is 16.8 Å². The Balaban J connectivity index is 2.64. The molecule has 0 aliphatic rings. The molecule has 2 nitrogen and oxygen atoms in total. The lowest BCUT2D eigenvalue weighted by atomic mass is 10.1. The molecule has 2 aromatic heterocycles. The minimum Gasteiger partial charge on any atom is -0.264 e. The van der Waals surface area contributed by atoms with Crippen LogP contribution in [0.4, 0.5) is 0 Å². The summed E-state index contributed by atoms with van der Waals surface area (Å²) in [7, 11) is 2.06. The van der Waals surface area contributed by atoms with E-state index in [0.717, 1.165) is 0 Å². The van der Waals surface area contributed by atoms with E-state index in [9.17, 15) is 0 Å². The first-order valence-electron chi connectivity index (χ1n) is 5.06. The summed E-state index contributed by atoms with van der Waals surface area (Å²) in [6, 6.07) is 6.33. The van der Waals surface area contributed by atoms with E-state index in [1.807, 2.05) is 18.5 Å². The molecule has 0 atom stereocenters. The normalized spacial score (nSPS) is 10.3. The molecule has 2 aromatic rings. The molecule has 15 heavy (non-hydrogen) atoms. The molecule has 0 bridgehead atoms. The fourth-order valence-electron chi connectivity index (χ4n) is 1.68. The molecule has 2 heterocycles. The number of pyridine rings is 2. The number of rotatable bonds is 1. The molecule has 0 aliphatic heterocycles. The maximum atomic E-state index is 4.18. The van der Waals surface area contributed by atoms with Gasteiger partial charge in [-0.2, -0.15) is 0 Å². The Morgan fingerprint density at radius 1 is 1.20 bits per heavy atom. The van der Waals surface area contributed by atoms with E-state index in [1.165, 1.54) is 22.4 Å². The molecule has 0 amide bonds. The van der Waals surface area contributed by atoms with Gasteiger partial charge in [-0.1, -0.05) is 0 Å². The highest BCUT2D eigenvalue weighted by atomic mass is 14.9. The standard InChI is InChI=1S/C13H15N2/c1-10-5-7-15(3)13(8-10)12-9-14-6-4-11(12)2/h4-9H,1-3H3/q+1. The van der Waals surface area contributed by atoms with Gasteiger partial charge in [-0.25, -0.2) is 4.57 Å². The number of aryl methyl sites for hydroxylation is 3. The highest BCUT2D eigenvalue weighted by Crippen LogP contribution is 2.18. The molecular weight excluding hydrogens is 184 g/mol. The van der Waals surface area contributed by atoms with Crippen molar-refractivity contribution in [2.45, 2.75) is 13.8 Å². The zero-order chi connectivity index (χ0) is 10.8. The van der Waals surface area contributed by atoms with Crippen LogP contribution in [0.3, 0.4) is 0 Å². The van der Waals surface area contributed by atoms with Crippen LogP contribution in [0, 0.1) is 13.8 Å². The van der Waals surface area contributed by atoms with Gasteiger partial charge in [0.2, 0.25) is 5.69 Å². The number of aromatic nitrogens is 2. The Hall–Kier alpha value is -1.70. The fraction of sp³-hybridized carbons (Fsp3) is 0.231. The van der Waals surface area contributed by atoms with Gasteiger partial charge in [0, 0.05) is 24.5 Å². The van der Waals surface area contributed by atoms with Gasteiger partial charge < -0.3 is 0 Å². The lowest BCUT2D eigenvalue weighted by Crippen LogP contribution is -2.30. The predicted molar refractivity (Wildman–Crippen MR) is 60.3 cm³/mol. The molecule has 0 unspecified atom stereocenters. The SMILES string of the molecule is Cc1cc[n+](C)c(-c2cnccc2C)c1. The predicted octanol–water partition coefficient (Wildman–Crippen LogP) is 2.19. The number of hydrogen-bond acceptors (Lipinski definition) is 1. The molecular formula is C13H15N2+. The Bertz CT molecular complexity index is 490. The average molecular weight is 199 g/mol. The first-order valence-corrected chi connectivity index (χ1v) is 5.06. The molecule has 2 heteroatoms. The third kappa shape index (κ3) is 1.89. The van der Waals surface area contributed by atoms with Gasteiger partial charge in [0.15, 0.2) is 6.20 Å². The molecule has 76 valence electrons. The third-order valence-corrected chi connectivity index (χ3v) is 2.62. The van der Waals surface area contributed by atoms with Crippen LogP contribution in [0.25, 0.3) is 11.3 Å².